The van der Waals surface area contributed by atoms with Gasteiger partial charge < -0.3 is 5.11 Å². The number of rotatable bonds is 4. The van der Waals surface area contributed by atoms with E-state index in [9.17, 15) is 17.6 Å². The summed E-state index contributed by atoms with van der Waals surface area (Å²) < 4.78 is 38.7. The van der Waals surface area contributed by atoms with Crippen LogP contribution in [0.5, 0.6) is 0 Å². The third kappa shape index (κ3) is 3.01. The first-order chi connectivity index (χ1) is 7.75. The minimum Gasteiger partial charge on any atom is -0.480 e. The van der Waals surface area contributed by atoms with Crippen molar-refractivity contribution in [1.29, 1.82) is 0 Å². The van der Waals surface area contributed by atoms with E-state index < -0.39 is 27.9 Å². The summed E-state index contributed by atoms with van der Waals surface area (Å²) in [6.45, 7) is 2.50. The van der Waals surface area contributed by atoms with Crippen LogP contribution in [0.25, 0.3) is 0 Å². The van der Waals surface area contributed by atoms with Crippen LogP contribution in [0.15, 0.2) is 23.1 Å². The first-order valence-corrected chi connectivity index (χ1v) is 6.24. The Balaban J connectivity index is 3.14. The first-order valence-electron chi connectivity index (χ1n) is 4.76. The average Bonchev–Trinajstić information content (AvgIpc) is 2.21. The van der Waals surface area contributed by atoms with Gasteiger partial charge in [-0.3, -0.25) is 4.79 Å². The summed E-state index contributed by atoms with van der Waals surface area (Å²) in [7, 11) is -4.03. The van der Waals surface area contributed by atoms with Crippen molar-refractivity contribution in [2.75, 3.05) is 0 Å². The van der Waals surface area contributed by atoms with E-state index in [2.05, 4.69) is 0 Å². The molecule has 0 fully saturated rings. The average molecular weight is 261 g/mol. The van der Waals surface area contributed by atoms with Gasteiger partial charge in [0.25, 0.3) is 0 Å². The summed E-state index contributed by atoms with van der Waals surface area (Å²) >= 11 is 0. The minimum absolute atomic E-state index is 0.0439. The summed E-state index contributed by atoms with van der Waals surface area (Å²) in [5.74, 6) is -1.96. The van der Waals surface area contributed by atoms with Gasteiger partial charge >= 0.3 is 5.97 Å². The molecule has 0 bridgehead atoms. The maximum Gasteiger partial charge on any atom is 0.321 e. The Labute approximate surface area is 98.3 Å². The number of carboxylic acids is 1. The zero-order chi connectivity index (χ0) is 13.2. The van der Waals surface area contributed by atoms with Crippen LogP contribution in [-0.2, 0) is 14.8 Å². The van der Waals surface area contributed by atoms with Crippen LogP contribution in [0.2, 0.25) is 0 Å². The fraction of sp³-hybridized carbons (Fsp3) is 0.300. The number of nitrogens with one attached hydrogen (secondary N) is 1. The smallest absolute Gasteiger partial charge is 0.321 e. The van der Waals surface area contributed by atoms with Gasteiger partial charge in [0.15, 0.2) is 0 Å². The van der Waals surface area contributed by atoms with Gasteiger partial charge in [-0.25, -0.2) is 12.8 Å². The predicted octanol–water partition coefficient (Wildman–Crippen LogP) is 0.886. The van der Waals surface area contributed by atoms with Crippen LogP contribution >= 0.6 is 0 Å². The second kappa shape index (κ2) is 4.80. The normalized spacial score (nSPS) is 13.4. The van der Waals surface area contributed by atoms with Crippen molar-refractivity contribution in [2.24, 2.45) is 0 Å². The molecule has 0 spiro atoms. The lowest BCUT2D eigenvalue weighted by Crippen LogP contribution is -2.38. The van der Waals surface area contributed by atoms with E-state index in [4.69, 9.17) is 5.11 Å². The van der Waals surface area contributed by atoms with Crippen LogP contribution in [0, 0.1) is 12.7 Å². The van der Waals surface area contributed by atoms with Crippen LogP contribution in [0.3, 0.4) is 0 Å². The molecule has 0 heterocycles. The number of halogens is 1. The third-order valence-electron chi connectivity index (χ3n) is 2.21. The fourth-order valence-electron chi connectivity index (χ4n) is 1.23. The third-order valence-corrected chi connectivity index (χ3v) is 3.90. The highest BCUT2D eigenvalue weighted by Crippen LogP contribution is 2.17. The maximum atomic E-state index is 13.2. The van der Waals surface area contributed by atoms with Crippen molar-refractivity contribution < 1.29 is 22.7 Å². The minimum atomic E-state index is -4.03. The van der Waals surface area contributed by atoms with Crippen LogP contribution in [0.1, 0.15) is 12.5 Å². The molecule has 1 rings (SSSR count). The Morgan fingerprint density at radius 1 is 1.47 bits per heavy atom. The van der Waals surface area contributed by atoms with Crippen LogP contribution in [-0.4, -0.2) is 25.5 Å². The molecule has 94 valence electrons. The number of hydrogen-bond acceptors (Lipinski definition) is 3. The number of carboxylic acid groups (broad SMARTS) is 1. The predicted molar refractivity (Wildman–Crippen MR) is 58.6 cm³/mol. The molecule has 1 aromatic rings. The molecular weight excluding hydrogens is 249 g/mol. The summed E-state index contributed by atoms with van der Waals surface area (Å²) in [5, 5.41) is 8.62. The molecule has 0 aliphatic carbocycles. The van der Waals surface area contributed by atoms with Gasteiger partial charge in [0.05, 0.1) is 4.90 Å². The molecule has 1 unspecified atom stereocenters. The highest BCUT2D eigenvalue weighted by Gasteiger charge is 2.23. The maximum absolute atomic E-state index is 13.2. The van der Waals surface area contributed by atoms with Crippen molar-refractivity contribution in [3.8, 4) is 0 Å². The molecule has 0 aliphatic heterocycles. The molecule has 7 heteroatoms. The van der Waals surface area contributed by atoms with E-state index in [0.29, 0.717) is 0 Å². The molecule has 5 nitrogen and oxygen atoms in total. The molecule has 1 atom stereocenters. The molecule has 0 saturated carbocycles. The fourth-order valence-corrected chi connectivity index (χ4v) is 2.68. The van der Waals surface area contributed by atoms with Gasteiger partial charge in [-0.05, 0) is 26.0 Å². The second-order valence-electron chi connectivity index (χ2n) is 3.54. The summed E-state index contributed by atoms with van der Waals surface area (Å²) in [6.07, 6.45) is 0. The highest BCUT2D eigenvalue weighted by molar-refractivity contribution is 7.89. The van der Waals surface area contributed by atoms with Gasteiger partial charge in [0.1, 0.15) is 11.9 Å². The number of benzene rings is 1. The van der Waals surface area contributed by atoms with Gasteiger partial charge in [0, 0.05) is 5.56 Å². The van der Waals surface area contributed by atoms with Crippen LogP contribution in [0.4, 0.5) is 4.39 Å². The Morgan fingerprint density at radius 2 is 2.06 bits per heavy atom. The van der Waals surface area contributed by atoms with E-state index in [1.54, 1.807) is 0 Å². The molecule has 0 radical (unpaired) electrons. The molecular formula is C10H12FNO4S. The Morgan fingerprint density at radius 3 is 2.59 bits per heavy atom. The topological polar surface area (TPSA) is 83.5 Å². The number of aliphatic carboxylic acids is 1. The Bertz CT molecular complexity index is 541. The molecule has 17 heavy (non-hydrogen) atoms. The summed E-state index contributed by atoms with van der Waals surface area (Å²) in [5.41, 5.74) is -0.0439. The molecule has 0 saturated heterocycles. The lowest BCUT2D eigenvalue weighted by molar-refractivity contribution is -0.138. The van der Waals surface area contributed by atoms with Crippen molar-refractivity contribution in [2.45, 2.75) is 24.8 Å². The van der Waals surface area contributed by atoms with Crippen molar-refractivity contribution in [3.05, 3.63) is 29.6 Å². The molecule has 2 N–H and O–H groups in total. The lowest BCUT2D eigenvalue weighted by Gasteiger charge is -2.12. The van der Waals surface area contributed by atoms with E-state index >= 15 is 0 Å². The van der Waals surface area contributed by atoms with Crippen molar-refractivity contribution >= 4 is 16.0 Å². The van der Waals surface area contributed by atoms with Crippen LogP contribution < -0.4 is 4.72 Å². The van der Waals surface area contributed by atoms with Crippen molar-refractivity contribution in [1.82, 2.24) is 4.72 Å². The Kier molecular flexibility index (Phi) is 3.84. The van der Waals surface area contributed by atoms with Gasteiger partial charge in [0.2, 0.25) is 10.0 Å². The molecule has 1 aromatic carbocycles. The van der Waals surface area contributed by atoms with Gasteiger partial charge in [-0.15, -0.1) is 0 Å². The number of carbonyl (C=O) groups is 1. The standard InChI is InChI=1S/C10H12FNO4S/c1-6-8(11)4-3-5-9(6)17(15,16)12-7(2)10(13)14/h3-5,7,12H,1-2H3,(H,13,14). The molecule has 0 aliphatic rings. The van der Waals surface area contributed by atoms with E-state index in [0.717, 1.165) is 6.07 Å². The van der Waals surface area contributed by atoms with E-state index in [-0.39, 0.29) is 10.5 Å². The van der Waals surface area contributed by atoms with Crippen molar-refractivity contribution in [3.63, 3.8) is 0 Å². The number of sulfonamides is 1. The zero-order valence-electron chi connectivity index (χ0n) is 9.27. The summed E-state index contributed by atoms with van der Waals surface area (Å²) in [4.78, 5) is 10.3. The highest BCUT2D eigenvalue weighted by atomic mass is 32.2. The monoisotopic (exact) mass is 261 g/mol. The molecule has 0 aromatic heterocycles. The van der Waals surface area contributed by atoms with Gasteiger partial charge in [-0.1, -0.05) is 6.07 Å². The van der Waals surface area contributed by atoms with E-state index in [1.807, 2.05) is 4.72 Å². The SMILES string of the molecule is Cc1c(F)cccc1S(=O)(=O)NC(C)C(=O)O. The quantitative estimate of drug-likeness (QED) is 0.843. The molecule has 0 amide bonds. The van der Waals surface area contributed by atoms with Gasteiger partial charge in [-0.2, -0.15) is 4.72 Å². The lowest BCUT2D eigenvalue weighted by atomic mass is 10.2. The number of hydrogen-bond donors (Lipinski definition) is 2. The summed E-state index contributed by atoms with van der Waals surface area (Å²) in [6, 6.07) is 2.33. The zero-order valence-corrected chi connectivity index (χ0v) is 10.1. The Hall–Kier alpha value is -1.47. The first kappa shape index (κ1) is 13.6. The van der Waals surface area contributed by atoms with E-state index in [1.165, 1.54) is 26.0 Å². The largest absolute Gasteiger partial charge is 0.480 e. The second-order valence-corrected chi connectivity index (χ2v) is 5.23.